The molecule has 0 bridgehead atoms. The summed E-state index contributed by atoms with van der Waals surface area (Å²) < 4.78 is 5.43. The number of rotatable bonds is 7. The zero-order chi connectivity index (χ0) is 21.8. The second kappa shape index (κ2) is 9.29. The van der Waals surface area contributed by atoms with E-state index in [1.54, 1.807) is 24.3 Å². The highest BCUT2D eigenvalue weighted by atomic mass is 16.5. The van der Waals surface area contributed by atoms with Crippen molar-refractivity contribution in [3.63, 3.8) is 0 Å². The zero-order valence-corrected chi connectivity index (χ0v) is 17.0. The lowest BCUT2D eigenvalue weighted by Crippen LogP contribution is -2.53. The van der Waals surface area contributed by atoms with Crippen molar-refractivity contribution in [2.45, 2.75) is 45.3 Å². The molecule has 0 fully saturated rings. The Balaban J connectivity index is 1.77. The fourth-order valence-electron chi connectivity index (χ4n) is 3.41. The van der Waals surface area contributed by atoms with E-state index in [4.69, 9.17) is 10.4 Å². The molecule has 0 radical (unpaired) electrons. The Morgan fingerprint density at radius 3 is 2.70 bits per heavy atom. The first-order valence-electron chi connectivity index (χ1n) is 9.86. The molecule has 0 saturated heterocycles. The highest BCUT2D eigenvalue weighted by Gasteiger charge is 2.37. The largest absolute Gasteiger partial charge is 0.547 e. The van der Waals surface area contributed by atoms with Crippen LogP contribution in [0.1, 0.15) is 51.3 Å². The molecule has 1 unspecified atom stereocenters. The van der Waals surface area contributed by atoms with Crippen molar-refractivity contribution in [1.29, 1.82) is 0 Å². The maximum atomic E-state index is 12.8. The molecule has 0 aromatic heterocycles. The SMILES string of the molecule is CC(C)NCc1cc(C(=O)NC2Cc3cccc(C(=O)O)c3OB2O)ccc1CN. The van der Waals surface area contributed by atoms with E-state index in [9.17, 15) is 19.7 Å². The van der Waals surface area contributed by atoms with Crippen LogP contribution in [0, 0.1) is 0 Å². The fraction of sp³-hybridized carbons (Fsp3) is 0.333. The molecule has 1 heterocycles. The number of amides is 1. The summed E-state index contributed by atoms with van der Waals surface area (Å²) in [6.07, 6.45) is 0.256. The van der Waals surface area contributed by atoms with Gasteiger partial charge in [0.25, 0.3) is 5.91 Å². The second-order valence-electron chi connectivity index (χ2n) is 7.61. The van der Waals surface area contributed by atoms with Crippen LogP contribution in [-0.4, -0.2) is 41.1 Å². The lowest BCUT2D eigenvalue weighted by molar-refractivity contribution is 0.0693. The van der Waals surface area contributed by atoms with Crippen molar-refractivity contribution < 1.29 is 24.4 Å². The lowest BCUT2D eigenvalue weighted by Gasteiger charge is -2.29. The molecule has 6 N–H and O–H groups in total. The van der Waals surface area contributed by atoms with E-state index in [-0.39, 0.29) is 23.6 Å². The molecule has 9 heteroatoms. The van der Waals surface area contributed by atoms with E-state index in [2.05, 4.69) is 10.6 Å². The molecule has 3 rings (SSSR count). The van der Waals surface area contributed by atoms with Gasteiger partial charge in [0.1, 0.15) is 5.75 Å². The van der Waals surface area contributed by atoms with Gasteiger partial charge in [-0.25, -0.2) is 4.79 Å². The van der Waals surface area contributed by atoms with E-state index in [0.717, 1.165) is 11.1 Å². The Bertz CT molecular complexity index is 950. The van der Waals surface area contributed by atoms with Crippen LogP contribution in [0.25, 0.3) is 0 Å². The van der Waals surface area contributed by atoms with Gasteiger partial charge in [0.05, 0.1) is 11.5 Å². The maximum Gasteiger partial charge on any atom is 0.547 e. The number of fused-ring (bicyclic) bond motifs is 1. The van der Waals surface area contributed by atoms with Gasteiger partial charge in [-0.3, -0.25) is 4.79 Å². The quantitative estimate of drug-likeness (QED) is 0.431. The normalized spacial score (nSPS) is 15.5. The monoisotopic (exact) mass is 411 g/mol. The number of carboxylic acids is 1. The average Bonchev–Trinajstić information content (AvgIpc) is 2.71. The van der Waals surface area contributed by atoms with Crippen LogP contribution in [0.4, 0.5) is 0 Å². The van der Waals surface area contributed by atoms with E-state index in [1.165, 1.54) is 6.07 Å². The Labute approximate surface area is 175 Å². The first-order chi connectivity index (χ1) is 14.3. The number of nitrogens with two attached hydrogens (primary N) is 1. The summed E-state index contributed by atoms with van der Waals surface area (Å²) in [6, 6.07) is 10.4. The molecule has 1 atom stereocenters. The number of para-hydroxylation sites is 1. The van der Waals surface area contributed by atoms with Gasteiger partial charge in [-0.1, -0.05) is 32.0 Å². The predicted molar refractivity (Wildman–Crippen MR) is 113 cm³/mol. The van der Waals surface area contributed by atoms with Crippen molar-refractivity contribution in [2.24, 2.45) is 5.73 Å². The van der Waals surface area contributed by atoms with Crippen molar-refractivity contribution in [3.05, 3.63) is 64.2 Å². The zero-order valence-electron chi connectivity index (χ0n) is 17.0. The molecule has 0 saturated carbocycles. The number of aromatic carboxylic acids is 1. The smallest absolute Gasteiger partial charge is 0.534 e. The maximum absolute atomic E-state index is 12.8. The number of hydrogen-bond acceptors (Lipinski definition) is 6. The third-order valence-electron chi connectivity index (χ3n) is 5.06. The first-order valence-corrected chi connectivity index (χ1v) is 9.86. The van der Waals surface area contributed by atoms with Crippen LogP contribution in [0.5, 0.6) is 5.75 Å². The van der Waals surface area contributed by atoms with Gasteiger partial charge < -0.3 is 31.2 Å². The van der Waals surface area contributed by atoms with Crippen molar-refractivity contribution >= 4 is 19.0 Å². The van der Waals surface area contributed by atoms with Crippen LogP contribution in [-0.2, 0) is 19.5 Å². The minimum Gasteiger partial charge on any atom is -0.534 e. The summed E-state index contributed by atoms with van der Waals surface area (Å²) in [7, 11) is -1.35. The molecule has 30 heavy (non-hydrogen) atoms. The van der Waals surface area contributed by atoms with Gasteiger partial charge >= 0.3 is 13.1 Å². The van der Waals surface area contributed by atoms with Crippen molar-refractivity contribution in [1.82, 2.24) is 10.6 Å². The summed E-state index contributed by atoms with van der Waals surface area (Å²) in [6.45, 7) is 5.04. The van der Waals surface area contributed by atoms with Gasteiger partial charge in [0.2, 0.25) is 0 Å². The molecule has 1 amide bonds. The van der Waals surface area contributed by atoms with Crippen molar-refractivity contribution in [2.75, 3.05) is 0 Å². The summed E-state index contributed by atoms with van der Waals surface area (Å²) in [4.78, 5) is 24.2. The molecule has 0 spiro atoms. The second-order valence-corrected chi connectivity index (χ2v) is 7.61. The van der Waals surface area contributed by atoms with E-state index < -0.39 is 19.0 Å². The lowest BCUT2D eigenvalue weighted by atomic mass is 9.72. The Morgan fingerprint density at radius 1 is 1.27 bits per heavy atom. The highest BCUT2D eigenvalue weighted by molar-refractivity contribution is 6.47. The van der Waals surface area contributed by atoms with Gasteiger partial charge in [-0.15, -0.1) is 0 Å². The average molecular weight is 411 g/mol. The fourth-order valence-corrected chi connectivity index (χ4v) is 3.41. The molecule has 2 aromatic carbocycles. The standard InChI is InChI=1S/C21H26BN3O5/c1-12(2)24-11-16-8-14(6-7-15(16)10-23)20(26)25-18-9-13-4-3-5-17(21(27)28)19(13)30-22(18)29/h3-8,12,18,24,29H,9-11,23H2,1-2H3,(H,25,26)(H,27,28). The van der Waals surface area contributed by atoms with Crippen LogP contribution in [0.2, 0.25) is 0 Å². The number of carbonyl (C=O) groups is 2. The summed E-state index contributed by atoms with van der Waals surface area (Å²) in [5.74, 6) is -2.06. The van der Waals surface area contributed by atoms with Gasteiger partial charge in [-0.05, 0) is 41.3 Å². The Hall–Kier alpha value is -2.88. The van der Waals surface area contributed by atoms with Gasteiger partial charge in [0, 0.05) is 24.7 Å². The predicted octanol–water partition coefficient (Wildman–Crippen LogP) is 1.09. The van der Waals surface area contributed by atoms with Crippen LogP contribution < -0.4 is 21.0 Å². The molecular formula is C21H26BN3O5. The summed E-state index contributed by atoms with van der Waals surface area (Å²) in [5.41, 5.74) is 8.75. The summed E-state index contributed by atoms with van der Waals surface area (Å²) >= 11 is 0. The topological polar surface area (TPSA) is 134 Å². The van der Waals surface area contributed by atoms with Crippen LogP contribution in [0.3, 0.4) is 0 Å². The van der Waals surface area contributed by atoms with Crippen LogP contribution >= 0.6 is 0 Å². The van der Waals surface area contributed by atoms with E-state index in [1.807, 2.05) is 19.9 Å². The number of carbonyl (C=O) groups excluding carboxylic acids is 1. The molecule has 0 aliphatic carbocycles. The number of hydrogen-bond donors (Lipinski definition) is 5. The molecule has 158 valence electrons. The minimum atomic E-state index is -1.35. The molecule has 1 aliphatic heterocycles. The number of carboxylic acid groups (broad SMARTS) is 1. The van der Waals surface area contributed by atoms with Crippen LogP contribution in [0.15, 0.2) is 36.4 Å². The molecule has 8 nitrogen and oxygen atoms in total. The molecule has 1 aliphatic rings. The van der Waals surface area contributed by atoms with Gasteiger partial charge in [-0.2, -0.15) is 0 Å². The third kappa shape index (κ3) is 4.81. The van der Waals surface area contributed by atoms with Gasteiger partial charge in [0.15, 0.2) is 0 Å². The summed E-state index contributed by atoms with van der Waals surface area (Å²) in [5, 5.41) is 25.7. The number of nitrogens with one attached hydrogen (secondary N) is 2. The van der Waals surface area contributed by atoms with E-state index >= 15 is 0 Å². The van der Waals surface area contributed by atoms with Crippen molar-refractivity contribution in [3.8, 4) is 5.75 Å². The first kappa shape index (κ1) is 21.8. The number of benzene rings is 2. The third-order valence-corrected chi connectivity index (χ3v) is 5.06. The molecular weight excluding hydrogens is 385 g/mol. The Kier molecular flexibility index (Phi) is 6.76. The highest BCUT2D eigenvalue weighted by Crippen LogP contribution is 2.30. The van der Waals surface area contributed by atoms with E-state index in [0.29, 0.717) is 30.3 Å². The minimum absolute atomic E-state index is 0.0176. The Morgan fingerprint density at radius 2 is 2.03 bits per heavy atom. The molecule has 2 aromatic rings.